The van der Waals surface area contributed by atoms with Gasteiger partial charge in [-0.25, -0.2) is 0 Å². The molecular formula is C15H24. The van der Waals surface area contributed by atoms with E-state index in [0.29, 0.717) is 10.8 Å². The Bertz CT molecular complexity index is 323. The molecule has 1 spiro atoms. The molecule has 84 valence electrons. The molecule has 0 radical (unpaired) electrons. The lowest BCUT2D eigenvalue weighted by atomic mass is 9.68. The minimum Gasteiger partial charge on any atom is -0.0847 e. The number of allylic oxidation sites excluding steroid dienone is 2. The van der Waals surface area contributed by atoms with Crippen molar-refractivity contribution in [2.45, 2.75) is 53.4 Å². The molecule has 0 aromatic carbocycles. The highest BCUT2D eigenvalue weighted by Crippen LogP contribution is 2.71. The second-order valence-corrected chi connectivity index (χ2v) is 6.99. The van der Waals surface area contributed by atoms with E-state index in [1.165, 1.54) is 25.7 Å². The first kappa shape index (κ1) is 9.93. The van der Waals surface area contributed by atoms with Crippen LogP contribution in [0.4, 0.5) is 0 Å². The third kappa shape index (κ3) is 0.990. The molecule has 0 aromatic rings. The van der Waals surface area contributed by atoms with Gasteiger partial charge in [0.25, 0.3) is 0 Å². The monoisotopic (exact) mass is 204 g/mol. The summed E-state index contributed by atoms with van der Waals surface area (Å²) in [6, 6.07) is 0. The molecule has 2 saturated carbocycles. The maximum absolute atomic E-state index is 2.57. The van der Waals surface area contributed by atoms with Crippen molar-refractivity contribution in [2.75, 3.05) is 0 Å². The fourth-order valence-electron chi connectivity index (χ4n) is 5.35. The summed E-state index contributed by atoms with van der Waals surface area (Å²) in [6.07, 6.45) is 8.41. The molecule has 0 N–H and O–H groups in total. The molecule has 15 heavy (non-hydrogen) atoms. The van der Waals surface area contributed by atoms with Crippen LogP contribution in [0.2, 0.25) is 0 Å². The Labute approximate surface area is 94.1 Å². The van der Waals surface area contributed by atoms with E-state index >= 15 is 0 Å². The van der Waals surface area contributed by atoms with Crippen LogP contribution in [0.15, 0.2) is 11.6 Å². The molecule has 0 heteroatoms. The fourth-order valence-corrected chi connectivity index (χ4v) is 5.35. The summed E-state index contributed by atoms with van der Waals surface area (Å²) in [5, 5.41) is 0. The van der Waals surface area contributed by atoms with Gasteiger partial charge in [-0.05, 0) is 61.2 Å². The summed E-state index contributed by atoms with van der Waals surface area (Å²) in [6.45, 7) is 9.94. The van der Waals surface area contributed by atoms with E-state index in [-0.39, 0.29) is 0 Å². The van der Waals surface area contributed by atoms with Crippen molar-refractivity contribution >= 4 is 0 Å². The third-order valence-corrected chi connectivity index (χ3v) is 6.30. The average molecular weight is 204 g/mol. The Balaban J connectivity index is 2.11. The van der Waals surface area contributed by atoms with Gasteiger partial charge in [0.1, 0.15) is 0 Å². The maximum atomic E-state index is 2.57. The summed E-state index contributed by atoms with van der Waals surface area (Å²) >= 11 is 0. The van der Waals surface area contributed by atoms with Crippen molar-refractivity contribution < 1.29 is 0 Å². The lowest BCUT2D eigenvalue weighted by Gasteiger charge is -2.36. The van der Waals surface area contributed by atoms with Crippen LogP contribution in [-0.4, -0.2) is 0 Å². The Morgan fingerprint density at radius 1 is 1.27 bits per heavy atom. The van der Waals surface area contributed by atoms with Gasteiger partial charge < -0.3 is 0 Å². The minimum absolute atomic E-state index is 0.571. The molecule has 0 amide bonds. The van der Waals surface area contributed by atoms with Crippen LogP contribution < -0.4 is 0 Å². The zero-order valence-corrected chi connectivity index (χ0v) is 10.6. The highest BCUT2D eigenvalue weighted by atomic mass is 14.7. The van der Waals surface area contributed by atoms with Crippen molar-refractivity contribution in [1.29, 1.82) is 0 Å². The van der Waals surface area contributed by atoms with Gasteiger partial charge in [0.05, 0.1) is 0 Å². The first-order chi connectivity index (χ1) is 6.98. The summed E-state index contributed by atoms with van der Waals surface area (Å²) in [4.78, 5) is 0. The van der Waals surface area contributed by atoms with Crippen molar-refractivity contribution in [2.24, 2.45) is 28.6 Å². The Kier molecular flexibility index (Phi) is 1.79. The van der Waals surface area contributed by atoms with E-state index in [4.69, 9.17) is 0 Å². The van der Waals surface area contributed by atoms with Crippen LogP contribution in [0.25, 0.3) is 0 Å². The first-order valence-electron chi connectivity index (χ1n) is 6.65. The summed E-state index contributed by atoms with van der Waals surface area (Å²) in [7, 11) is 0. The number of hydrogen-bond donors (Lipinski definition) is 0. The van der Waals surface area contributed by atoms with Crippen molar-refractivity contribution in [3.05, 3.63) is 11.6 Å². The molecule has 3 aliphatic carbocycles. The summed E-state index contributed by atoms with van der Waals surface area (Å²) < 4.78 is 0. The minimum atomic E-state index is 0.571. The highest BCUT2D eigenvalue weighted by Gasteiger charge is 2.62. The van der Waals surface area contributed by atoms with Gasteiger partial charge in [-0.2, -0.15) is 0 Å². The molecule has 3 rings (SSSR count). The molecule has 0 nitrogen and oxygen atoms in total. The van der Waals surface area contributed by atoms with E-state index in [2.05, 4.69) is 33.8 Å². The van der Waals surface area contributed by atoms with Crippen LogP contribution in [0.3, 0.4) is 0 Å². The van der Waals surface area contributed by atoms with E-state index in [1.54, 1.807) is 5.57 Å². The molecule has 2 unspecified atom stereocenters. The van der Waals surface area contributed by atoms with Crippen molar-refractivity contribution in [3.63, 3.8) is 0 Å². The van der Waals surface area contributed by atoms with E-state index in [0.717, 1.165) is 17.8 Å². The number of rotatable bonds is 0. The molecule has 3 aliphatic rings. The second-order valence-electron chi connectivity index (χ2n) is 6.99. The summed E-state index contributed by atoms with van der Waals surface area (Å²) in [5.74, 6) is 2.86. The van der Waals surface area contributed by atoms with Crippen molar-refractivity contribution in [1.82, 2.24) is 0 Å². The standard InChI is InChI=1S/C15H24/c1-10-7-8-15-9-12(10)14(3,4)13(15)6-5-11(15)2/h7,11-13H,5-6,8-9H2,1-4H3/t11-,12?,13?,15+/m1/s1. The van der Waals surface area contributed by atoms with E-state index < -0.39 is 0 Å². The first-order valence-corrected chi connectivity index (χ1v) is 6.65. The highest BCUT2D eigenvalue weighted by molar-refractivity contribution is 5.25. The van der Waals surface area contributed by atoms with Gasteiger partial charge in [-0.15, -0.1) is 0 Å². The predicted octanol–water partition coefficient (Wildman–Crippen LogP) is 4.42. The topological polar surface area (TPSA) is 0 Å². The Hall–Kier alpha value is -0.260. The van der Waals surface area contributed by atoms with Crippen molar-refractivity contribution in [3.8, 4) is 0 Å². The average Bonchev–Trinajstić information content (AvgIpc) is 2.57. The van der Waals surface area contributed by atoms with Gasteiger partial charge >= 0.3 is 0 Å². The van der Waals surface area contributed by atoms with Crippen LogP contribution >= 0.6 is 0 Å². The van der Waals surface area contributed by atoms with Crippen LogP contribution in [-0.2, 0) is 0 Å². The van der Waals surface area contributed by atoms with E-state index in [1.807, 2.05) is 0 Å². The van der Waals surface area contributed by atoms with Gasteiger partial charge in [0.2, 0.25) is 0 Å². The van der Waals surface area contributed by atoms with Crippen LogP contribution in [0, 0.1) is 28.6 Å². The maximum Gasteiger partial charge on any atom is -0.0146 e. The fraction of sp³-hybridized carbons (Fsp3) is 0.867. The third-order valence-electron chi connectivity index (χ3n) is 6.30. The Morgan fingerprint density at radius 3 is 2.73 bits per heavy atom. The van der Waals surface area contributed by atoms with E-state index in [9.17, 15) is 0 Å². The normalized spacial score (nSPS) is 51.5. The smallest absolute Gasteiger partial charge is 0.0146 e. The second kappa shape index (κ2) is 2.70. The molecule has 0 aliphatic heterocycles. The molecule has 0 heterocycles. The molecular weight excluding hydrogens is 180 g/mol. The molecule has 4 atom stereocenters. The van der Waals surface area contributed by atoms with Gasteiger partial charge in [0, 0.05) is 0 Å². The van der Waals surface area contributed by atoms with Crippen LogP contribution in [0.5, 0.6) is 0 Å². The lowest BCUT2D eigenvalue weighted by molar-refractivity contribution is 0.128. The quantitative estimate of drug-likeness (QED) is 0.513. The number of fused-ring (bicyclic) bond motifs is 1. The largest absolute Gasteiger partial charge is 0.0847 e. The predicted molar refractivity (Wildman–Crippen MR) is 64.6 cm³/mol. The molecule has 2 fully saturated rings. The lowest BCUT2D eigenvalue weighted by Crippen LogP contribution is -2.30. The molecule has 0 aromatic heterocycles. The zero-order chi connectivity index (χ0) is 10.8. The Morgan fingerprint density at radius 2 is 2.00 bits per heavy atom. The summed E-state index contributed by atoms with van der Waals surface area (Å²) in [5.41, 5.74) is 2.96. The zero-order valence-electron chi connectivity index (χ0n) is 10.6. The van der Waals surface area contributed by atoms with Gasteiger partial charge in [0.15, 0.2) is 0 Å². The number of hydrogen-bond acceptors (Lipinski definition) is 0. The molecule has 0 saturated heterocycles. The SMILES string of the molecule is CC1=CC[C@@]23CC1C(C)(C)C2CC[C@H]3C. The van der Waals surface area contributed by atoms with Crippen LogP contribution in [0.1, 0.15) is 53.4 Å². The van der Waals surface area contributed by atoms with Gasteiger partial charge in [-0.3, -0.25) is 0 Å². The van der Waals surface area contributed by atoms with Gasteiger partial charge in [-0.1, -0.05) is 32.4 Å². The molecule has 2 bridgehead atoms.